The van der Waals surface area contributed by atoms with Gasteiger partial charge >= 0.3 is 0 Å². The second-order valence-electron chi connectivity index (χ2n) is 6.56. The first-order chi connectivity index (χ1) is 9.84. The van der Waals surface area contributed by atoms with E-state index in [1.165, 1.54) is 0 Å². The predicted molar refractivity (Wildman–Crippen MR) is 93.9 cm³/mol. The summed E-state index contributed by atoms with van der Waals surface area (Å²) in [6.07, 6.45) is 0. The molecule has 0 aromatic heterocycles. The molecule has 0 saturated carbocycles. The summed E-state index contributed by atoms with van der Waals surface area (Å²) < 4.78 is 13.9. The van der Waals surface area contributed by atoms with Crippen molar-refractivity contribution in [3.05, 3.63) is 29.1 Å². The fraction of sp³-hybridized carbons (Fsp3) is 0.562. The monoisotopic (exact) mass is 363 g/mol. The number of hydrogen-bond donors (Lipinski definition) is 2. The lowest BCUT2D eigenvalue weighted by Gasteiger charge is -2.42. The fourth-order valence-corrected chi connectivity index (χ4v) is 3.04. The summed E-state index contributed by atoms with van der Waals surface area (Å²) in [7, 11) is 0. The van der Waals surface area contributed by atoms with Gasteiger partial charge in [-0.2, -0.15) is 5.26 Å². The maximum absolute atomic E-state index is 13.9. The highest BCUT2D eigenvalue weighted by Crippen LogP contribution is 2.42. The molecule has 1 aliphatic rings. The number of nitriles is 1. The van der Waals surface area contributed by atoms with Crippen LogP contribution in [0.15, 0.2) is 12.1 Å². The van der Waals surface area contributed by atoms with Crippen molar-refractivity contribution in [1.82, 2.24) is 10.2 Å². The summed E-state index contributed by atoms with van der Waals surface area (Å²) in [5, 5.41) is 22.5. The first kappa shape index (κ1) is 21.9. The Kier molecular flexibility index (Phi) is 8.30. The summed E-state index contributed by atoms with van der Waals surface area (Å²) in [5.41, 5.74) is 0.556. The smallest absolute Gasteiger partial charge is 0.166 e. The normalized spacial score (nSPS) is 16.7. The fourth-order valence-electron chi connectivity index (χ4n) is 3.04. The second kappa shape index (κ2) is 8.70. The first-order valence-electron chi connectivity index (χ1n) is 7.22. The standard InChI is InChI=1S/C16H22FN3O.2ClH/c1-16(2,3)15(20-6-4-19-5-7-20)12-8-11(10-18)9-13(17)14(12)21;;/h8-9,15,19,21H,4-7H2,1-3H3;2*1H/t15-;;/m1../s1. The number of piperazine rings is 1. The topological polar surface area (TPSA) is 59.3 Å². The van der Waals surface area contributed by atoms with E-state index < -0.39 is 5.82 Å². The van der Waals surface area contributed by atoms with Gasteiger partial charge in [-0.15, -0.1) is 24.8 Å². The maximum atomic E-state index is 13.9. The van der Waals surface area contributed by atoms with Crippen LogP contribution in [0.4, 0.5) is 4.39 Å². The van der Waals surface area contributed by atoms with Crippen LogP contribution in [0.2, 0.25) is 0 Å². The highest BCUT2D eigenvalue weighted by molar-refractivity contribution is 5.85. The quantitative estimate of drug-likeness (QED) is 0.846. The number of aromatic hydroxyl groups is 1. The van der Waals surface area contributed by atoms with Gasteiger partial charge in [0.1, 0.15) is 0 Å². The van der Waals surface area contributed by atoms with Crippen LogP contribution in [0.5, 0.6) is 5.75 Å². The van der Waals surface area contributed by atoms with E-state index in [9.17, 15) is 9.50 Å². The van der Waals surface area contributed by atoms with Crippen LogP contribution in [0.3, 0.4) is 0 Å². The Hall–Kier alpha value is -1.06. The van der Waals surface area contributed by atoms with Crippen LogP contribution in [0.25, 0.3) is 0 Å². The molecule has 2 N–H and O–H groups in total. The lowest BCUT2D eigenvalue weighted by Crippen LogP contribution is -2.48. The Morgan fingerprint density at radius 3 is 2.30 bits per heavy atom. The lowest BCUT2D eigenvalue weighted by atomic mass is 9.80. The third-order valence-corrected chi connectivity index (χ3v) is 3.85. The van der Waals surface area contributed by atoms with E-state index in [2.05, 4.69) is 31.0 Å². The molecular weight excluding hydrogens is 340 g/mol. The molecule has 1 aromatic carbocycles. The van der Waals surface area contributed by atoms with Gasteiger partial charge in [0.15, 0.2) is 11.6 Å². The molecule has 1 aliphatic heterocycles. The van der Waals surface area contributed by atoms with Gasteiger partial charge in [0.2, 0.25) is 0 Å². The molecule has 4 nitrogen and oxygen atoms in total. The molecule has 1 aromatic rings. The van der Waals surface area contributed by atoms with Crippen molar-refractivity contribution in [2.45, 2.75) is 26.8 Å². The van der Waals surface area contributed by atoms with Crippen molar-refractivity contribution in [1.29, 1.82) is 5.26 Å². The molecule has 1 saturated heterocycles. The number of hydrogen-bond acceptors (Lipinski definition) is 4. The molecule has 0 amide bonds. The summed E-state index contributed by atoms with van der Waals surface area (Å²) in [6, 6.07) is 4.51. The van der Waals surface area contributed by atoms with E-state index in [1.807, 2.05) is 6.07 Å². The zero-order chi connectivity index (χ0) is 15.6. The molecular formula is C16H24Cl2FN3O. The van der Waals surface area contributed by atoms with Crippen molar-refractivity contribution < 1.29 is 9.50 Å². The number of phenolic OH excluding ortho intramolecular Hbond substituents is 1. The van der Waals surface area contributed by atoms with Gasteiger partial charge < -0.3 is 10.4 Å². The minimum absolute atomic E-state index is 0. The third-order valence-electron chi connectivity index (χ3n) is 3.85. The summed E-state index contributed by atoms with van der Waals surface area (Å²) in [4.78, 5) is 2.24. The van der Waals surface area contributed by atoms with Crippen LogP contribution >= 0.6 is 24.8 Å². The first-order valence-corrected chi connectivity index (χ1v) is 7.22. The van der Waals surface area contributed by atoms with E-state index in [4.69, 9.17) is 5.26 Å². The van der Waals surface area contributed by atoms with Crippen molar-refractivity contribution >= 4 is 24.8 Å². The van der Waals surface area contributed by atoms with Crippen LogP contribution in [0, 0.1) is 22.6 Å². The largest absolute Gasteiger partial charge is 0.505 e. The average Bonchev–Trinajstić information content (AvgIpc) is 2.43. The molecule has 1 atom stereocenters. The maximum Gasteiger partial charge on any atom is 0.166 e. The third kappa shape index (κ3) is 4.95. The molecule has 1 fully saturated rings. The van der Waals surface area contributed by atoms with Crippen molar-refractivity contribution in [2.75, 3.05) is 26.2 Å². The van der Waals surface area contributed by atoms with Crippen molar-refractivity contribution in [3.8, 4) is 11.8 Å². The minimum Gasteiger partial charge on any atom is -0.505 e. The molecule has 0 bridgehead atoms. The van der Waals surface area contributed by atoms with Gasteiger partial charge in [-0.05, 0) is 17.5 Å². The molecule has 1 heterocycles. The molecule has 0 aliphatic carbocycles. The van der Waals surface area contributed by atoms with Gasteiger partial charge in [-0.3, -0.25) is 4.90 Å². The SMILES string of the molecule is CC(C)(C)[C@@H](c1cc(C#N)cc(F)c1O)N1CCNCC1.Cl.Cl. The molecule has 0 radical (unpaired) electrons. The Balaban J connectivity index is 0.00000242. The number of nitrogens with zero attached hydrogens (tertiary/aromatic N) is 2. The summed E-state index contributed by atoms with van der Waals surface area (Å²) >= 11 is 0. The number of halogens is 3. The molecule has 0 unspecified atom stereocenters. The van der Waals surface area contributed by atoms with Crippen LogP contribution < -0.4 is 5.32 Å². The van der Waals surface area contributed by atoms with E-state index in [-0.39, 0.29) is 47.6 Å². The second-order valence-corrected chi connectivity index (χ2v) is 6.56. The van der Waals surface area contributed by atoms with Crippen LogP contribution in [-0.2, 0) is 0 Å². The Labute approximate surface area is 149 Å². The summed E-state index contributed by atoms with van der Waals surface area (Å²) in [5.74, 6) is -1.07. The van der Waals surface area contributed by atoms with E-state index in [0.717, 1.165) is 32.2 Å². The number of phenols is 1. The van der Waals surface area contributed by atoms with Crippen molar-refractivity contribution in [2.24, 2.45) is 5.41 Å². The molecule has 0 spiro atoms. The molecule has 130 valence electrons. The van der Waals surface area contributed by atoms with E-state index in [0.29, 0.717) is 5.56 Å². The molecule has 2 rings (SSSR count). The van der Waals surface area contributed by atoms with Gasteiger partial charge in [-0.25, -0.2) is 4.39 Å². The summed E-state index contributed by atoms with van der Waals surface area (Å²) in [6.45, 7) is 9.60. The van der Waals surface area contributed by atoms with Gasteiger partial charge in [0.25, 0.3) is 0 Å². The Morgan fingerprint density at radius 1 is 1.26 bits per heavy atom. The van der Waals surface area contributed by atoms with Gasteiger partial charge in [0.05, 0.1) is 11.6 Å². The average molecular weight is 364 g/mol. The Morgan fingerprint density at radius 2 is 1.83 bits per heavy atom. The number of nitrogens with one attached hydrogen (secondary N) is 1. The minimum atomic E-state index is -0.728. The van der Waals surface area contributed by atoms with Gasteiger partial charge in [-0.1, -0.05) is 20.8 Å². The highest BCUT2D eigenvalue weighted by Gasteiger charge is 2.35. The predicted octanol–water partition coefficient (Wildman–Crippen LogP) is 3.24. The van der Waals surface area contributed by atoms with Crippen LogP contribution in [-0.4, -0.2) is 36.2 Å². The molecule has 23 heavy (non-hydrogen) atoms. The van der Waals surface area contributed by atoms with Crippen molar-refractivity contribution in [3.63, 3.8) is 0 Å². The van der Waals surface area contributed by atoms with Crippen LogP contribution in [0.1, 0.15) is 37.9 Å². The van der Waals surface area contributed by atoms with Gasteiger partial charge in [0, 0.05) is 37.8 Å². The Bertz CT molecular complexity index is 564. The highest BCUT2D eigenvalue weighted by atomic mass is 35.5. The van der Waals surface area contributed by atoms with E-state index >= 15 is 0 Å². The molecule has 7 heteroatoms. The number of benzene rings is 1. The lowest BCUT2D eigenvalue weighted by molar-refractivity contribution is 0.0838. The zero-order valence-electron chi connectivity index (χ0n) is 13.6. The number of rotatable bonds is 2. The van der Waals surface area contributed by atoms with E-state index in [1.54, 1.807) is 6.07 Å². The zero-order valence-corrected chi connectivity index (χ0v) is 15.2.